The molecule has 1 aliphatic rings. The van der Waals surface area contributed by atoms with Gasteiger partial charge in [0.15, 0.2) is 0 Å². The molecule has 0 radical (unpaired) electrons. The number of piperidine rings is 1. The second-order valence-electron chi connectivity index (χ2n) is 8.81. The molecule has 0 bridgehead atoms. The molecule has 3 aromatic rings. The standard InChI is InChI=1S/C25H29BrFN5O/c1-16-21-15-19(29-24(33)9-5-17-4-6-18(26)14-22(17)27)7-8-23(21)30-25(28-16)32-12-10-20(11-13-32)31(2)3/h4,6-8,14-15,20H,5,9-13H2,1-3H3,(H,29,33). The smallest absolute Gasteiger partial charge is 0.226 e. The van der Waals surface area contributed by atoms with Gasteiger partial charge in [0.1, 0.15) is 5.82 Å². The van der Waals surface area contributed by atoms with Crippen LogP contribution in [-0.2, 0) is 11.2 Å². The summed E-state index contributed by atoms with van der Waals surface area (Å²) in [4.78, 5) is 26.5. The maximum atomic E-state index is 14.0. The number of carbonyl (C=O) groups is 1. The van der Waals surface area contributed by atoms with Crippen molar-refractivity contribution in [1.29, 1.82) is 0 Å². The van der Waals surface area contributed by atoms with E-state index < -0.39 is 0 Å². The summed E-state index contributed by atoms with van der Waals surface area (Å²) >= 11 is 3.25. The minimum atomic E-state index is -0.308. The molecule has 6 nitrogen and oxygen atoms in total. The molecule has 0 aliphatic carbocycles. The van der Waals surface area contributed by atoms with E-state index in [9.17, 15) is 9.18 Å². The van der Waals surface area contributed by atoms with Gasteiger partial charge in [-0.1, -0.05) is 22.0 Å². The van der Waals surface area contributed by atoms with Gasteiger partial charge in [-0.2, -0.15) is 0 Å². The van der Waals surface area contributed by atoms with E-state index in [0.717, 1.165) is 48.5 Å². The largest absolute Gasteiger partial charge is 0.341 e. The Morgan fingerprint density at radius 1 is 1.18 bits per heavy atom. The monoisotopic (exact) mass is 513 g/mol. The number of hydrogen-bond acceptors (Lipinski definition) is 5. The average Bonchev–Trinajstić information content (AvgIpc) is 2.79. The van der Waals surface area contributed by atoms with Crippen LogP contribution in [0.4, 0.5) is 16.0 Å². The molecule has 0 atom stereocenters. The highest BCUT2D eigenvalue weighted by Crippen LogP contribution is 2.25. The third kappa shape index (κ3) is 5.68. The van der Waals surface area contributed by atoms with Gasteiger partial charge in [0, 0.05) is 41.1 Å². The van der Waals surface area contributed by atoms with Gasteiger partial charge in [-0.25, -0.2) is 14.4 Å². The van der Waals surface area contributed by atoms with Crippen molar-refractivity contribution in [3.05, 3.63) is 57.9 Å². The predicted octanol–water partition coefficient (Wildman–Crippen LogP) is 4.94. The van der Waals surface area contributed by atoms with Crippen molar-refractivity contribution in [2.24, 2.45) is 0 Å². The van der Waals surface area contributed by atoms with Crippen LogP contribution in [0.3, 0.4) is 0 Å². The van der Waals surface area contributed by atoms with Crippen LogP contribution in [0.15, 0.2) is 40.9 Å². The Bertz CT molecular complexity index is 1160. The highest BCUT2D eigenvalue weighted by molar-refractivity contribution is 9.10. The minimum absolute atomic E-state index is 0.157. The van der Waals surface area contributed by atoms with E-state index in [1.54, 1.807) is 12.1 Å². The maximum absolute atomic E-state index is 14.0. The Balaban J connectivity index is 1.42. The number of fused-ring (bicyclic) bond motifs is 1. The van der Waals surface area contributed by atoms with E-state index in [2.05, 4.69) is 45.1 Å². The summed E-state index contributed by atoms with van der Waals surface area (Å²) in [7, 11) is 4.26. The van der Waals surface area contributed by atoms with Crippen molar-refractivity contribution in [2.75, 3.05) is 37.4 Å². The number of anilines is 2. The van der Waals surface area contributed by atoms with Crippen LogP contribution in [0.25, 0.3) is 10.9 Å². The molecule has 174 valence electrons. The number of amides is 1. The molecule has 2 aromatic carbocycles. The molecule has 4 rings (SSSR count). The Labute approximate surface area is 202 Å². The summed E-state index contributed by atoms with van der Waals surface area (Å²) in [6, 6.07) is 11.2. The first-order chi connectivity index (χ1) is 15.8. The summed E-state index contributed by atoms with van der Waals surface area (Å²) in [5.74, 6) is 0.304. The fourth-order valence-corrected chi connectivity index (χ4v) is 4.60. The zero-order valence-corrected chi connectivity index (χ0v) is 20.8. The highest BCUT2D eigenvalue weighted by Gasteiger charge is 2.22. The molecule has 1 N–H and O–H groups in total. The zero-order chi connectivity index (χ0) is 23.5. The molecular formula is C25H29BrFN5O. The first kappa shape index (κ1) is 23.6. The third-order valence-corrected chi connectivity index (χ3v) is 6.77. The fourth-order valence-electron chi connectivity index (χ4n) is 4.26. The van der Waals surface area contributed by atoms with E-state index in [1.807, 2.05) is 25.1 Å². The summed E-state index contributed by atoms with van der Waals surface area (Å²) in [6.45, 7) is 3.86. The number of halogens is 2. The summed E-state index contributed by atoms with van der Waals surface area (Å²) < 4.78 is 14.7. The topological polar surface area (TPSA) is 61.4 Å². The van der Waals surface area contributed by atoms with E-state index in [4.69, 9.17) is 9.97 Å². The molecule has 0 saturated carbocycles. The van der Waals surface area contributed by atoms with Crippen molar-refractivity contribution < 1.29 is 9.18 Å². The van der Waals surface area contributed by atoms with Gasteiger partial charge in [0.2, 0.25) is 11.9 Å². The Kier molecular flexibility index (Phi) is 7.24. The normalized spacial score (nSPS) is 14.8. The van der Waals surface area contributed by atoms with Crippen molar-refractivity contribution in [3.63, 3.8) is 0 Å². The number of benzene rings is 2. The van der Waals surface area contributed by atoms with Crippen molar-refractivity contribution >= 4 is 44.4 Å². The Hall–Kier alpha value is -2.58. The Morgan fingerprint density at radius 3 is 2.64 bits per heavy atom. The molecule has 0 spiro atoms. The van der Waals surface area contributed by atoms with Gasteiger partial charge in [-0.15, -0.1) is 0 Å². The van der Waals surface area contributed by atoms with Gasteiger partial charge in [0.25, 0.3) is 0 Å². The molecule has 33 heavy (non-hydrogen) atoms. The van der Waals surface area contributed by atoms with Gasteiger partial charge in [0.05, 0.1) is 11.2 Å². The predicted molar refractivity (Wildman–Crippen MR) is 134 cm³/mol. The van der Waals surface area contributed by atoms with Crippen molar-refractivity contribution in [3.8, 4) is 0 Å². The van der Waals surface area contributed by atoms with Crippen LogP contribution in [0, 0.1) is 12.7 Å². The van der Waals surface area contributed by atoms with Crippen molar-refractivity contribution in [1.82, 2.24) is 14.9 Å². The molecular weight excluding hydrogens is 485 g/mol. The summed E-state index contributed by atoms with van der Waals surface area (Å²) in [5, 5.41) is 3.83. The van der Waals surface area contributed by atoms with Gasteiger partial charge in [-0.3, -0.25) is 4.79 Å². The second-order valence-corrected chi connectivity index (χ2v) is 9.72. The Morgan fingerprint density at radius 2 is 1.94 bits per heavy atom. The SMILES string of the molecule is Cc1nc(N2CCC(N(C)C)CC2)nc2ccc(NC(=O)CCc3ccc(Br)cc3F)cc12. The lowest BCUT2D eigenvalue weighted by molar-refractivity contribution is -0.116. The van der Waals surface area contributed by atoms with Crippen molar-refractivity contribution in [2.45, 2.75) is 38.6 Å². The molecule has 1 aromatic heterocycles. The van der Waals surface area contributed by atoms with Crippen LogP contribution in [0.5, 0.6) is 0 Å². The van der Waals surface area contributed by atoms with Crippen LogP contribution in [0.2, 0.25) is 0 Å². The molecule has 1 saturated heterocycles. The number of nitrogens with one attached hydrogen (secondary N) is 1. The minimum Gasteiger partial charge on any atom is -0.341 e. The lowest BCUT2D eigenvalue weighted by atomic mass is 10.0. The second kappa shape index (κ2) is 10.1. The maximum Gasteiger partial charge on any atom is 0.226 e. The number of aryl methyl sites for hydroxylation is 2. The van der Waals surface area contributed by atoms with Crippen LogP contribution in [0.1, 0.15) is 30.5 Å². The number of carbonyl (C=O) groups excluding carboxylic acids is 1. The van der Waals surface area contributed by atoms with Crippen LogP contribution >= 0.6 is 15.9 Å². The first-order valence-electron chi connectivity index (χ1n) is 11.2. The fraction of sp³-hybridized carbons (Fsp3) is 0.400. The van der Waals surface area contributed by atoms with E-state index >= 15 is 0 Å². The van der Waals surface area contributed by atoms with E-state index in [1.165, 1.54) is 6.07 Å². The highest BCUT2D eigenvalue weighted by atomic mass is 79.9. The number of rotatable bonds is 6. The summed E-state index contributed by atoms with van der Waals surface area (Å²) in [6.07, 6.45) is 2.74. The average molecular weight is 514 g/mol. The quantitative estimate of drug-likeness (QED) is 0.505. The van der Waals surface area contributed by atoms with Gasteiger partial charge < -0.3 is 15.1 Å². The molecule has 8 heteroatoms. The summed E-state index contributed by atoms with van der Waals surface area (Å²) in [5.41, 5.74) is 2.97. The molecule has 1 aliphatic heterocycles. The number of nitrogens with zero attached hydrogens (tertiary/aromatic N) is 4. The lowest BCUT2D eigenvalue weighted by Crippen LogP contribution is -2.42. The first-order valence-corrected chi connectivity index (χ1v) is 12.0. The number of hydrogen-bond donors (Lipinski definition) is 1. The molecule has 1 amide bonds. The molecule has 1 fully saturated rings. The van der Waals surface area contributed by atoms with Crippen LogP contribution < -0.4 is 10.2 Å². The zero-order valence-electron chi connectivity index (χ0n) is 19.2. The lowest BCUT2D eigenvalue weighted by Gasteiger charge is -2.35. The van der Waals surface area contributed by atoms with E-state index in [-0.39, 0.29) is 18.1 Å². The van der Waals surface area contributed by atoms with Gasteiger partial charge in [-0.05, 0) is 76.2 Å². The molecule has 2 heterocycles. The van der Waals surface area contributed by atoms with E-state index in [0.29, 0.717) is 28.2 Å². The molecule has 0 unspecified atom stereocenters. The number of aromatic nitrogens is 2. The van der Waals surface area contributed by atoms with Crippen LogP contribution in [-0.4, -0.2) is 54.0 Å². The van der Waals surface area contributed by atoms with Gasteiger partial charge >= 0.3 is 0 Å². The third-order valence-electron chi connectivity index (χ3n) is 6.27.